The van der Waals surface area contributed by atoms with Gasteiger partial charge < -0.3 is 15.4 Å². The molecule has 1 unspecified atom stereocenters. The Morgan fingerprint density at radius 2 is 2.21 bits per heavy atom. The van der Waals surface area contributed by atoms with Gasteiger partial charge in [-0.25, -0.2) is 0 Å². The molecule has 4 nitrogen and oxygen atoms in total. The van der Waals surface area contributed by atoms with Crippen LogP contribution in [-0.4, -0.2) is 43.7 Å². The summed E-state index contributed by atoms with van der Waals surface area (Å²) in [7, 11) is 1.70. The summed E-state index contributed by atoms with van der Waals surface area (Å²) in [5.74, 6) is 0.655. The van der Waals surface area contributed by atoms with Crippen LogP contribution in [0, 0.1) is 5.41 Å². The van der Waals surface area contributed by atoms with Crippen molar-refractivity contribution in [3.05, 3.63) is 0 Å². The molecule has 4 heteroatoms. The lowest BCUT2D eigenvalue weighted by Gasteiger charge is -2.35. The van der Waals surface area contributed by atoms with Crippen LogP contribution in [0.1, 0.15) is 20.8 Å². The van der Waals surface area contributed by atoms with Crippen molar-refractivity contribution in [2.75, 3.05) is 26.8 Å². The number of methoxy groups -OCH3 is 1. The van der Waals surface area contributed by atoms with E-state index in [1.54, 1.807) is 7.11 Å². The lowest BCUT2D eigenvalue weighted by Crippen LogP contribution is -2.48. The van der Waals surface area contributed by atoms with E-state index < -0.39 is 0 Å². The zero-order valence-corrected chi connectivity index (χ0v) is 9.58. The quantitative estimate of drug-likeness (QED) is 0.727. The Bertz CT molecular complexity index is 220. The highest BCUT2D eigenvalue weighted by atomic mass is 16.5. The van der Waals surface area contributed by atoms with Gasteiger partial charge in [-0.15, -0.1) is 0 Å². The first kappa shape index (κ1) is 11.3. The average Bonchev–Trinajstić information content (AvgIpc) is 2.42. The van der Waals surface area contributed by atoms with Gasteiger partial charge in [0.1, 0.15) is 0 Å². The molecule has 14 heavy (non-hydrogen) atoms. The highest BCUT2D eigenvalue weighted by Gasteiger charge is 2.34. The van der Waals surface area contributed by atoms with E-state index in [0.717, 1.165) is 13.1 Å². The molecule has 0 fully saturated rings. The van der Waals surface area contributed by atoms with Crippen molar-refractivity contribution in [2.45, 2.75) is 26.8 Å². The normalized spacial score (nSPS) is 22.7. The third kappa shape index (κ3) is 2.38. The molecule has 1 rings (SSSR count). The molecule has 0 spiro atoms. The molecule has 0 aliphatic carbocycles. The second-order valence-corrected chi connectivity index (χ2v) is 4.77. The van der Waals surface area contributed by atoms with Crippen LogP contribution in [0.15, 0.2) is 4.99 Å². The molecule has 1 atom stereocenters. The van der Waals surface area contributed by atoms with E-state index in [2.05, 4.69) is 30.7 Å². The zero-order chi connectivity index (χ0) is 10.8. The lowest BCUT2D eigenvalue weighted by atomic mass is 9.86. The lowest BCUT2D eigenvalue weighted by molar-refractivity contribution is 0.131. The Labute approximate surface area is 86.1 Å². The molecule has 82 valence electrons. The van der Waals surface area contributed by atoms with Gasteiger partial charge in [-0.05, 0) is 5.41 Å². The molecule has 2 N–H and O–H groups in total. The van der Waals surface area contributed by atoms with Gasteiger partial charge in [-0.1, -0.05) is 20.8 Å². The van der Waals surface area contributed by atoms with E-state index in [0.29, 0.717) is 18.6 Å². The third-order valence-corrected chi connectivity index (χ3v) is 2.63. The maximum Gasteiger partial charge on any atom is 0.191 e. The number of nitrogens with zero attached hydrogens (tertiary/aromatic N) is 2. The Morgan fingerprint density at radius 1 is 1.57 bits per heavy atom. The molecule has 0 aromatic heterocycles. The van der Waals surface area contributed by atoms with Crippen molar-refractivity contribution in [2.24, 2.45) is 16.1 Å². The highest BCUT2D eigenvalue weighted by molar-refractivity contribution is 5.80. The van der Waals surface area contributed by atoms with Crippen molar-refractivity contribution in [1.82, 2.24) is 4.90 Å². The van der Waals surface area contributed by atoms with Crippen molar-refractivity contribution in [1.29, 1.82) is 0 Å². The number of hydrogen-bond donors (Lipinski definition) is 1. The van der Waals surface area contributed by atoms with Crippen LogP contribution in [0.3, 0.4) is 0 Å². The summed E-state index contributed by atoms with van der Waals surface area (Å²) in [5, 5.41) is 0. The highest BCUT2D eigenvalue weighted by Crippen LogP contribution is 2.27. The first-order valence-electron chi connectivity index (χ1n) is 5.02. The Morgan fingerprint density at radius 3 is 2.71 bits per heavy atom. The van der Waals surface area contributed by atoms with Crippen molar-refractivity contribution < 1.29 is 4.74 Å². The molecule has 0 radical (unpaired) electrons. The largest absolute Gasteiger partial charge is 0.383 e. The van der Waals surface area contributed by atoms with Crippen molar-refractivity contribution in [3.8, 4) is 0 Å². The molecule has 0 aromatic rings. The Hall–Kier alpha value is -0.770. The van der Waals surface area contributed by atoms with Crippen molar-refractivity contribution in [3.63, 3.8) is 0 Å². The summed E-state index contributed by atoms with van der Waals surface area (Å²) >= 11 is 0. The van der Waals surface area contributed by atoms with Crippen LogP contribution < -0.4 is 5.73 Å². The fraction of sp³-hybridized carbons (Fsp3) is 0.900. The molecule has 1 aliphatic rings. The van der Waals surface area contributed by atoms with Crippen LogP contribution in [-0.2, 0) is 4.74 Å². The monoisotopic (exact) mass is 199 g/mol. The van der Waals surface area contributed by atoms with Crippen LogP contribution in [0.5, 0.6) is 0 Å². The minimum absolute atomic E-state index is 0.207. The number of nitrogens with two attached hydrogens (primary N) is 1. The van der Waals surface area contributed by atoms with Crippen LogP contribution in [0.4, 0.5) is 0 Å². The number of ether oxygens (including phenoxy) is 1. The van der Waals surface area contributed by atoms with Gasteiger partial charge in [-0.2, -0.15) is 0 Å². The fourth-order valence-corrected chi connectivity index (χ4v) is 1.73. The van der Waals surface area contributed by atoms with E-state index in [1.165, 1.54) is 0 Å². The van der Waals surface area contributed by atoms with E-state index in [-0.39, 0.29) is 5.41 Å². The molecule has 0 aromatic carbocycles. The number of rotatable bonds is 3. The first-order chi connectivity index (χ1) is 6.46. The minimum Gasteiger partial charge on any atom is -0.383 e. The molecular formula is C10H21N3O. The predicted octanol–water partition coefficient (Wildman–Crippen LogP) is 0.678. The maximum atomic E-state index is 5.83. The van der Waals surface area contributed by atoms with Gasteiger partial charge in [-0.3, -0.25) is 4.99 Å². The molecule has 1 heterocycles. The molecule has 1 aliphatic heterocycles. The summed E-state index contributed by atoms with van der Waals surface area (Å²) in [4.78, 5) is 6.43. The van der Waals surface area contributed by atoms with Gasteiger partial charge in [0.15, 0.2) is 5.96 Å². The van der Waals surface area contributed by atoms with E-state index in [1.807, 2.05) is 0 Å². The second kappa shape index (κ2) is 4.17. The third-order valence-electron chi connectivity index (χ3n) is 2.63. The molecule has 0 saturated heterocycles. The number of aliphatic imine (C=N–C) groups is 1. The summed E-state index contributed by atoms with van der Waals surface area (Å²) in [6.07, 6.45) is 0. The summed E-state index contributed by atoms with van der Waals surface area (Å²) < 4.78 is 5.06. The topological polar surface area (TPSA) is 50.9 Å². The average molecular weight is 199 g/mol. The van der Waals surface area contributed by atoms with E-state index >= 15 is 0 Å². The summed E-state index contributed by atoms with van der Waals surface area (Å²) in [5.41, 5.74) is 6.03. The molecule has 0 saturated carbocycles. The Kier molecular flexibility index (Phi) is 3.37. The minimum atomic E-state index is 0.207. The summed E-state index contributed by atoms with van der Waals surface area (Å²) in [6, 6.07) is 0.401. The molecule has 0 amide bonds. The first-order valence-corrected chi connectivity index (χ1v) is 5.02. The maximum absolute atomic E-state index is 5.83. The second-order valence-electron chi connectivity index (χ2n) is 4.77. The molecule has 0 bridgehead atoms. The van der Waals surface area contributed by atoms with Crippen molar-refractivity contribution >= 4 is 5.96 Å². The fourth-order valence-electron chi connectivity index (χ4n) is 1.73. The van der Waals surface area contributed by atoms with E-state index in [9.17, 15) is 0 Å². The van der Waals surface area contributed by atoms with Gasteiger partial charge in [0.25, 0.3) is 0 Å². The van der Waals surface area contributed by atoms with Crippen LogP contribution in [0.2, 0.25) is 0 Å². The van der Waals surface area contributed by atoms with Crippen LogP contribution >= 0.6 is 0 Å². The van der Waals surface area contributed by atoms with Gasteiger partial charge >= 0.3 is 0 Å². The van der Waals surface area contributed by atoms with Gasteiger partial charge in [0, 0.05) is 13.7 Å². The van der Waals surface area contributed by atoms with E-state index in [4.69, 9.17) is 10.5 Å². The predicted molar refractivity (Wildman–Crippen MR) is 58.3 cm³/mol. The van der Waals surface area contributed by atoms with Gasteiger partial charge in [0.2, 0.25) is 0 Å². The van der Waals surface area contributed by atoms with Crippen LogP contribution in [0.25, 0.3) is 0 Å². The number of guanidine groups is 1. The van der Waals surface area contributed by atoms with Gasteiger partial charge in [0.05, 0.1) is 19.2 Å². The smallest absolute Gasteiger partial charge is 0.191 e. The Balaban J connectivity index is 2.62. The standard InChI is InChI=1S/C10H21N3O/c1-10(2,3)8-7-12-9(11)13(8)5-6-14-4/h8H,5-7H2,1-4H3,(H2,11,12). The summed E-state index contributed by atoms with van der Waals surface area (Å²) in [6.45, 7) is 8.97. The zero-order valence-electron chi connectivity index (χ0n) is 9.58. The SMILES string of the molecule is COCCN1C(N)=NCC1C(C)(C)C. The number of hydrogen-bond acceptors (Lipinski definition) is 4. The molecular weight excluding hydrogens is 178 g/mol.